The van der Waals surface area contributed by atoms with Crippen molar-refractivity contribution in [3.8, 4) is 16.8 Å². The summed E-state index contributed by atoms with van der Waals surface area (Å²) in [6, 6.07) is 16.9. The highest BCUT2D eigenvalue weighted by atomic mass is 19.1. The molecule has 1 atom stereocenters. The third-order valence-electron chi connectivity index (χ3n) is 5.02. The Hall–Kier alpha value is -3.47. The molecule has 0 bridgehead atoms. The maximum absolute atomic E-state index is 13.1. The van der Waals surface area contributed by atoms with Crippen LogP contribution >= 0.6 is 0 Å². The number of nitrogens with zero attached hydrogens (tertiary/aromatic N) is 3. The van der Waals surface area contributed by atoms with Gasteiger partial charge in [-0.25, -0.2) is 14.4 Å². The molecule has 0 fully saturated rings. The molecule has 0 saturated heterocycles. The molecule has 0 spiro atoms. The van der Waals surface area contributed by atoms with Crippen molar-refractivity contribution in [1.82, 2.24) is 14.5 Å². The molecule has 4 rings (SSSR count). The maximum Gasteiger partial charge on any atom is 0.126 e. The first kappa shape index (κ1) is 18.9. The molecule has 4 aromatic rings. The number of nitrogens with one attached hydrogen (secondary N) is 1. The topological polar surface area (TPSA) is 42.7 Å². The highest BCUT2D eigenvalue weighted by molar-refractivity contribution is 5.66. The Kier molecular flexibility index (Phi) is 5.12. The first-order chi connectivity index (χ1) is 14.0. The molecule has 0 radical (unpaired) electrons. The largest absolute Gasteiger partial charge is 0.364 e. The molecule has 0 unspecified atom stereocenters. The van der Waals surface area contributed by atoms with Gasteiger partial charge >= 0.3 is 0 Å². The van der Waals surface area contributed by atoms with Crippen molar-refractivity contribution in [3.63, 3.8) is 0 Å². The summed E-state index contributed by atoms with van der Waals surface area (Å²) in [6.07, 6.45) is 5.73. The molecule has 0 aliphatic carbocycles. The van der Waals surface area contributed by atoms with Gasteiger partial charge in [0.05, 0.1) is 12.0 Å². The summed E-state index contributed by atoms with van der Waals surface area (Å²) in [5, 5.41) is 3.36. The second-order valence-corrected chi connectivity index (χ2v) is 7.27. The van der Waals surface area contributed by atoms with E-state index in [-0.39, 0.29) is 11.9 Å². The van der Waals surface area contributed by atoms with E-state index in [1.54, 1.807) is 12.1 Å². The fourth-order valence-electron chi connectivity index (χ4n) is 3.38. The van der Waals surface area contributed by atoms with Crippen LogP contribution in [0, 0.1) is 19.7 Å². The Morgan fingerprint density at radius 2 is 1.69 bits per heavy atom. The standard InChI is InChI=1S/C24H23FN4/c1-16-12-20(6-10-23(16)29-14-17(2)27-15-29)21-7-11-24(26-13-21)28-18(3)19-4-8-22(25)9-5-19/h4-15,18H,1-3H3,(H,26,28)/t18-/m0/s1. The predicted molar refractivity (Wildman–Crippen MR) is 115 cm³/mol. The molecule has 4 nitrogen and oxygen atoms in total. The second kappa shape index (κ2) is 7.87. The van der Waals surface area contributed by atoms with Crippen molar-refractivity contribution in [3.05, 3.63) is 96.0 Å². The lowest BCUT2D eigenvalue weighted by atomic mass is 10.0. The summed E-state index contributed by atoms with van der Waals surface area (Å²) in [4.78, 5) is 8.85. The van der Waals surface area contributed by atoms with E-state index in [1.165, 1.54) is 17.7 Å². The Labute approximate surface area is 170 Å². The van der Waals surface area contributed by atoms with Gasteiger partial charge in [-0.1, -0.05) is 18.2 Å². The Morgan fingerprint density at radius 1 is 0.931 bits per heavy atom. The van der Waals surface area contributed by atoms with Crippen LogP contribution in [0.4, 0.5) is 10.2 Å². The molecule has 2 aromatic carbocycles. The van der Waals surface area contributed by atoms with Gasteiger partial charge in [-0.05, 0) is 73.9 Å². The van der Waals surface area contributed by atoms with E-state index in [2.05, 4.69) is 46.5 Å². The van der Waals surface area contributed by atoms with Crippen LogP contribution in [-0.2, 0) is 0 Å². The highest BCUT2D eigenvalue weighted by Gasteiger charge is 2.08. The molecule has 0 aliphatic rings. The quantitative estimate of drug-likeness (QED) is 0.467. The van der Waals surface area contributed by atoms with Crippen molar-refractivity contribution in [1.29, 1.82) is 0 Å². The van der Waals surface area contributed by atoms with Crippen LogP contribution in [0.25, 0.3) is 16.8 Å². The van der Waals surface area contributed by atoms with E-state index in [9.17, 15) is 4.39 Å². The van der Waals surface area contributed by atoms with Gasteiger partial charge in [0.25, 0.3) is 0 Å². The van der Waals surface area contributed by atoms with E-state index in [1.807, 2.05) is 43.2 Å². The van der Waals surface area contributed by atoms with Gasteiger partial charge in [-0.2, -0.15) is 0 Å². The molecule has 146 valence electrons. The normalized spacial score (nSPS) is 12.0. The average Bonchev–Trinajstić information content (AvgIpc) is 3.15. The summed E-state index contributed by atoms with van der Waals surface area (Å²) in [6.45, 7) is 6.11. The third kappa shape index (κ3) is 4.19. The van der Waals surface area contributed by atoms with E-state index in [0.717, 1.165) is 33.9 Å². The molecule has 2 heterocycles. The lowest BCUT2D eigenvalue weighted by molar-refractivity contribution is 0.626. The number of rotatable bonds is 5. The van der Waals surface area contributed by atoms with Gasteiger partial charge in [0, 0.05) is 29.7 Å². The van der Waals surface area contributed by atoms with E-state index >= 15 is 0 Å². The zero-order chi connectivity index (χ0) is 20.4. The maximum atomic E-state index is 13.1. The van der Waals surface area contributed by atoms with Crippen LogP contribution < -0.4 is 5.32 Å². The van der Waals surface area contributed by atoms with Crippen LogP contribution in [-0.4, -0.2) is 14.5 Å². The second-order valence-electron chi connectivity index (χ2n) is 7.27. The van der Waals surface area contributed by atoms with Gasteiger partial charge in [-0.15, -0.1) is 0 Å². The SMILES string of the molecule is Cc1cn(-c2ccc(-c3ccc(N[C@@H](C)c4ccc(F)cc4)nc3)cc2C)cn1. The summed E-state index contributed by atoms with van der Waals surface area (Å²) in [5.74, 6) is 0.556. The van der Waals surface area contributed by atoms with Crippen LogP contribution in [0.1, 0.15) is 29.8 Å². The minimum Gasteiger partial charge on any atom is -0.364 e. The summed E-state index contributed by atoms with van der Waals surface area (Å²) in [5.41, 5.74) is 6.48. The Morgan fingerprint density at radius 3 is 2.31 bits per heavy atom. The number of imidazole rings is 1. The zero-order valence-electron chi connectivity index (χ0n) is 16.7. The van der Waals surface area contributed by atoms with Crippen molar-refractivity contribution in [2.24, 2.45) is 0 Å². The number of aromatic nitrogens is 3. The summed E-state index contributed by atoms with van der Waals surface area (Å²) < 4.78 is 15.1. The number of aryl methyl sites for hydroxylation is 2. The lowest BCUT2D eigenvalue weighted by Gasteiger charge is -2.15. The van der Waals surface area contributed by atoms with Crippen molar-refractivity contribution >= 4 is 5.82 Å². The average molecular weight is 386 g/mol. The van der Waals surface area contributed by atoms with E-state index < -0.39 is 0 Å². The molecular formula is C24H23FN4. The number of hydrogen-bond acceptors (Lipinski definition) is 3. The summed E-state index contributed by atoms with van der Waals surface area (Å²) >= 11 is 0. The lowest BCUT2D eigenvalue weighted by Crippen LogP contribution is -2.07. The molecule has 1 N–H and O–H groups in total. The van der Waals surface area contributed by atoms with Crippen LogP contribution in [0.3, 0.4) is 0 Å². The third-order valence-corrected chi connectivity index (χ3v) is 5.02. The number of benzene rings is 2. The number of hydrogen-bond donors (Lipinski definition) is 1. The first-order valence-electron chi connectivity index (χ1n) is 9.59. The van der Waals surface area contributed by atoms with Gasteiger partial charge in [-0.3, -0.25) is 0 Å². The van der Waals surface area contributed by atoms with E-state index in [0.29, 0.717) is 0 Å². The molecule has 0 aliphatic heterocycles. The fourth-order valence-corrected chi connectivity index (χ4v) is 3.38. The molecule has 29 heavy (non-hydrogen) atoms. The van der Waals surface area contributed by atoms with Crippen molar-refractivity contribution < 1.29 is 4.39 Å². The van der Waals surface area contributed by atoms with Crippen LogP contribution in [0.15, 0.2) is 73.3 Å². The summed E-state index contributed by atoms with van der Waals surface area (Å²) in [7, 11) is 0. The van der Waals surface area contributed by atoms with Crippen LogP contribution in [0.2, 0.25) is 0 Å². The minimum absolute atomic E-state index is 0.0362. The first-order valence-corrected chi connectivity index (χ1v) is 9.59. The molecule has 0 saturated carbocycles. The van der Waals surface area contributed by atoms with Gasteiger partial charge in [0.1, 0.15) is 11.6 Å². The number of halogens is 1. The van der Waals surface area contributed by atoms with Gasteiger partial charge in [0.2, 0.25) is 0 Å². The number of pyridine rings is 1. The van der Waals surface area contributed by atoms with Gasteiger partial charge < -0.3 is 9.88 Å². The fraction of sp³-hybridized carbons (Fsp3) is 0.167. The minimum atomic E-state index is -0.229. The molecule has 0 amide bonds. The predicted octanol–water partition coefficient (Wildman–Crippen LogP) is 5.86. The zero-order valence-corrected chi connectivity index (χ0v) is 16.7. The number of anilines is 1. The van der Waals surface area contributed by atoms with Crippen LogP contribution in [0.5, 0.6) is 0 Å². The molecule has 5 heteroatoms. The van der Waals surface area contributed by atoms with Crippen molar-refractivity contribution in [2.45, 2.75) is 26.8 Å². The molecule has 2 aromatic heterocycles. The van der Waals surface area contributed by atoms with Gasteiger partial charge in [0.15, 0.2) is 0 Å². The highest BCUT2D eigenvalue weighted by Crippen LogP contribution is 2.25. The Bertz CT molecular complexity index is 1110. The van der Waals surface area contributed by atoms with Crippen molar-refractivity contribution in [2.75, 3.05) is 5.32 Å². The Balaban J connectivity index is 1.50. The monoisotopic (exact) mass is 386 g/mol. The van der Waals surface area contributed by atoms with E-state index in [4.69, 9.17) is 0 Å². The molecular weight excluding hydrogens is 363 g/mol. The smallest absolute Gasteiger partial charge is 0.126 e.